The Balaban J connectivity index is 0. The van der Waals surface area contributed by atoms with Crippen molar-refractivity contribution < 1.29 is 11.0 Å². The lowest BCUT2D eigenvalue weighted by molar-refractivity contribution is 0.505. The Morgan fingerprint density at radius 3 is 2.67 bits per heavy atom. The topological polar surface area (TPSA) is 107 Å². The molecule has 0 radical (unpaired) electrons. The molecule has 0 amide bonds. The fourth-order valence-corrected chi connectivity index (χ4v) is 1.40. The second-order valence-electron chi connectivity index (χ2n) is 3.40. The van der Waals surface area contributed by atoms with E-state index in [0.717, 1.165) is 25.8 Å². The highest BCUT2D eigenvalue weighted by Gasteiger charge is 2.06. The van der Waals surface area contributed by atoms with Crippen molar-refractivity contribution >= 4 is 0 Å². The summed E-state index contributed by atoms with van der Waals surface area (Å²) in [6.45, 7) is 5.15. The van der Waals surface area contributed by atoms with Crippen molar-refractivity contribution in [1.29, 1.82) is 0 Å². The van der Waals surface area contributed by atoms with Crippen LogP contribution in [0.15, 0.2) is 12.4 Å². The van der Waals surface area contributed by atoms with E-state index in [0.29, 0.717) is 6.04 Å². The van der Waals surface area contributed by atoms with Crippen molar-refractivity contribution in [3.05, 3.63) is 18.2 Å². The zero-order valence-electron chi connectivity index (χ0n) is 9.53. The quantitative estimate of drug-likeness (QED) is 0.754. The van der Waals surface area contributed by atoms with Crippen LogP contribution in [-0.2, 0) is 6.42 Å². The Morgan fingerprint density at radius 1 is 1.47 bits per heavy atom. The number of aryl methyl sites for hydroxylation is 1. The summed E-state index contributed by atoms with van der Waals surface area (Å²) in [5, 5.41) is 0. The highest BCUT2D eigenvalue weighted by atomic mass is 16.0. The fourth-order valence-electron chi connectivity index (χ4n) is 1.40. The molecule has 15 heavy (non-hydrogen) atoms. The maximum Gasteiger partial charge on any atom is 0.108 e. The molecule has 0 aliphatic carbocycles. The molecule has 0 bridgehead atoms. The predicted molar refractivity (Wildman–Crippen MR) is 61.8 cm³/mol. The zero-order chi connectivity index (χ0) is 9.68. The summed E-state index contributed by atoms with van der Waals surface area (Å²) >= 11 is 0. The van der Waals surface area contributed by atoms with Gasteiger partial charge in [0.2, 0.25) is 0 Å². The first kappa shape index (κ1) is 16.5. The maximum atomic E-state index is 5.47. The molecule has 0 fully saturated rings. The van der Waals surface area contributed by atoms with Gasteiger partial charge >= 0.3 is 0 Å². The first-order valence-corrected chi connectivity index (χ1v) is 5.01. The van der Waals surface area contributed by atoms with Crippen LogP contribution in [0.25, 0.3) is 0 Å². The van der Waals surface area contributed by atoms with Crippen LogP contribution in [0.1, 0.15) is 38.6 Å². The second kappa shape index (κ2) is 8.40. The molecule has 0 aliphatic rings. The van der Waals surface area contributed by atoms with Gasteiger partial charge in [-0.15, -0.1) is 0 Å². The molecule has 1 atom stereocenters. The van der Waals surface area contributed by atoms with Crippen LogP contribution in [0.3, 0.4) is 0 Å². The van der Waals surface area contributed by atoms with Gasteiger partial charge in [0.25, 0.3) is 0 Å². The largest absolute Gasteiger partial charge is 0.412 e. The molecular formula is C10H23N3O2. The molecule has 1 rings (SSSR count). The minimum absolute atomic E-state index is 0. The number of aromatic nitrogens is 2. The molecule has 0 aromatic carbocycles. The second-order valence-corrected chi connectivity index (χ2v) is 3.40. The van der Waals surface area contributed by atoms with Crippen molar-refractivity contribution in [3.63, 3.8) is 0 Å². The number of rotatable bonds is 5. The molecule has 1 aromatic heterocycles. The molecule has 5 heteroatoms. The Kier molecular flexibility index (Phi) is 9.25. The van der Waals surface area contributed by atoms with Crippen molar-refractivity contribution in [2.45, 2.75) is 39.2 Å². The third-order valence-corrected chi connectivity index (χ3v) is 2.42. The number of nitrogens with two attached hydrogens (primary N) is 1. The Hall–Kier alpha value is -0.910. The standard InChI is InChI=1S/C10H19N3.2H2O/c1-3-9(2)13-8-7-12-10(13)5-4-6-11;;/h7-9H,3-6,11H2,1-2H3;2*1H2. The molecule has 90 valence electrons. The molecule has 0 saturated heterocycles. The van der Waals surface area contributed by atoms with Gasteiger partial charge in [0, 0.05) is 24.9 Å². The van der Waals surface area contributed by atoms with Gasteiger partial charge in [-0.3, -0.25) is 0 Å². The molecule has 0 aliphatic heterocycles. The Bertz CT molecular complexity index is 251. The summed E-state index contributed by atoms with van der Waals surface area (Å²) in [5.41, 5.74) is 5.47. The lowest BCUT2D eigenvalue weighted by Crippen LogP contribution is -2.09. The van der Waals surface area contributed by atoms with Gasteiger partial charge in [-0.05, 0) is 26.3 Å². The third-order valence-electron chi connectivity index (χ3n) is 2.42. The van der Waals surface area contributed by atoms with E-state index in [1.165, 1.54) is 5.82 Å². The van der Waals surface area contributed by atoms with E-state index in [2.05, 4.69) is 29.6 Å². The van der Waals surface area contributed by atoms with Crippen molar-refractivity contribution in [2.75, 3.05) is 6.54 Å². The highest BCUT2D eigenvalue weighted by Crippen LogP contribution is 2.13. The van der Waals surface area contributed by atoms with E-state index in [1.807, 2.05) is 6.20 Å². The molecule has 1 heterocycles. The average Bonchev–Trinajstić information content (AvgIpc) is 2.61. The van der Waals surface area contributed by atoms with Crippen LogP contribution in [0.2, 0.25) is 0 Å². The summed E-state index contributed by atoms with van der Waals surface area (Å²) in [6.07, 6.45) is 7.09. The third kappa shape index (κ3) is 4.42. The molecule has 0 saturated carbocycles. The van der Waals surface area contributed by atoms with Gasteiger partial charge in [0.05, 0.1) is 0 Å². The van der Waals surface area contributed by atoms with Crippen molar-refractivity contribution in [2.24, 2.45) is 5.73 Å². The normalized spacial score (nSPS) is 11.4. The maximum absolute atomic E-state index is 5.47. The Morgan fingerprint density at radius 2 is 2.13 bits per heavy atom. The van der Waals surface area contributed by atoms with E-state index in [1.54, 1.807) is 0 Å². The van der Waals surface area contributed by atoms with Crippen LogP contribution in [0.4, 0.5) is 0 Å². The van der Waals surface area contributed by atoms with E-state index in [9.17, 15) is 0 Å². The molecule has 6 N–H and O–H groups in total. The summed E-state index contributed by atoms with van der Waals surface area (Å²) in [5.74, 6) is 1.17. The van der Waals surface area contributed by atoms with Crippen LogP contribution in [0.5, 0.6) is 0 Å². The summed E-state index contributed by atoms with van der Waals surface area (Å²) < 4.78 is 2.25. The summed E-state index contributed by atoms with van der Waals surface area (Å²) in [7, 11) is 0. The summed E-state index contributed by atoms with van der Waals surface area (Å²) in [4.78, 5) is 4.33. The predicted octanol–water partition coefficient (Wildman–Crippen LogP) is 0.0960. The SMILES string of the molecule is CCC(C)n1ccnc1CCCN.O.O. The lowest BCUT2D eigenvalue weighted by Gasteiger charge is -2.13. The molecular weight excluding hydrogens is 194 g/mol. The summed E-state index contributed by atoms with van der Waals surface area (Å²) in [6, 6.07) is 0.551. The minimum Gasteiger partial charge on any atom is -0.412 e. The monoisotopic (exact) mass is 217 g/mol. The Labute approximate surface area is 90.9 Å². The van der Waals surface area contributed by atoms with Crippen LogP contribution in [-0.4, -0.2) is 27.0 Å². The molecule has 1 aromatic rings. The van der Waals surface area contributed by atoms with Gasteiger partial charge in [-0.25, -0.2) is 4.98 Å². The lowest BCUT2D eigenvalue weighted by atomic mass is 10.2. The zero-order valence-corrected chi connectivity index (χ0v) is 9.53. The van der Waals surface area contributed by atoms with E-state index >= 15 is 0 Å². The van der Waals surface area contributed by atoms with Gasteiger partial charge in [-0.1, -0.05) is 6.92 Å². The van der Waals surface area contributed by atoms with Gasteiger partial charge < -0.3 is 21.3 Å². The highest BCUT2D eigenvalue weighted by molar-refractivity contribution is 4.94. The van der Waals surface area contributed by atoms with Crippen molar-refractivity contribution in [1.82, 2.24) is 9.55 Å². The van der Waals surface area contributed by atoms with Gasteiger partial charge in [0.15, 0.2) is 0 Å². The number of hydrogen-bond acceptors (Lipinski definition) is 2. The van der Waals surface area contributed by atoms with Crippen LogP contribution < -0.4 is 5.73 Å². The molecule has 0 spiro atoms. The number of nitrogens with zero attached hydrogens (tertiary/aromatic N) is 2. The van der Waals surface area contributed by atoms with Gasteiger partial charge in [0.1, 0.15) is 5.82 Å². The number of imidazole rings is 1. The van der Waals surface area contributed by atoms with Crippen molar-refractivity contribution in [3.8, 4) is 0 Å². The number of hydrogen-bond donors (Lipinski definition) is 1. The molecule has 1 unspecified atom stereocenters. The first-order valence-electron chi connectivity index (χ1n) is 5.01. The van der Waals surface area contributed by atoms with E-state index in [4.69, 9.17) is 5.73 Å². The fraction of sp³-hybridized carbons (Fsp3) is 0.700. The van der Waals surface area contributed by atoms with Crippen LogP contribution >= 0.6 is 0 Å². The van der Waals surface area contributed by atoms with Crippen LogP contribution in [0, 0.1) is 0 Å². The average molecular weight is 217 g/mol. The van der Waals surface area contributed by atoms with Gasteiger partial charge in [-0.2, -0.15) is 0 Å². The smallest absolute Gasteiger partial charge is 0.108 e. The first-order chi connectivity index (χ1) is 6.29. The minimum atomic E-state index is 0. The van der Waals surface area contributed by atoms with E-state index in [-0.39, 0.29) is 11.0 Å². The molecule has 5 nitrogen and oxygen atoms in total. The van der Waals surface area contributed by atoms with E-state index < -0.39 is 0 Å².